The molecule has 1 heteroatoms. The topological polar surface area (TPSA) is 9.23 Å². The molecular formula is C12H18O. The molecule has 0 amide bonds. The van der Waals surface area contributed by atoms with Crippen molar-refractivity contribution < 1.29 is 4.74 Å². The minimum absolute atomic E-state index is 0.529. The fraction of sp³-hybridized carbons (Fsp3) is 0.500. The molecule has 1 aromatic carbocycles. The molecule has 1 nitrogen and oxygen atoms in total. The van der Waals surface area contributed by atoms with E-state index in [1.807, 2.05) is 6.92 Å². The Morgan fingerprint density at radius 2 is 2.00 bits per heavy atom. The number of hydrogen-bond acceptors (Lipinski definition) is 1. The highest BCUT2D eigenvalue weighted by molar-refractivity contribution is 5.38. The Kier molecular flexibility index (Phi) is 3.35. The van der Waals surface area contributed by atoms with E-state index in [0.29, 0.717) is 5.92 Å². The number of benzene rings is 1. The summed E-state index contributed by atoms with van der Waals surface area (Å²) in [5, 5.41) is 0. The van der Waals surface area contributed by atoms with Gasteiger partial charge in [0.25, 0.3) is 0 Å². The van der Waals surface area contributed by atoms with E-state index in [-0.39, 0.29) is 0 Å². The first-order valence-electron chi connectivity index (χ1n) is 4.88. The van der Waals surface area contributed by atoms with Gasteiger partial charge in [-0.3, -0.25) is 0 Å². The Balaban J connectivity index is 3.03. The van der Waals surface area contributed by atoms with Crippen LogP contribution in [0.4, 0.5) is 0 Å². The van der Waals surface area contributed by atoms with Gasteiger partial charge in [-0.2, -0.15) is 0 Å². The molecule has 0 N–H and O–H groups in total. The molecule has 0 radical (unpaired) electrons. The number of hydrogen-bond donors (Lipinski definition) is 0. The summed E-state index contributed by atoms with van der Waals surface area (Å²) in [5.41, 5.74) is 2.61. The van der Waals surface area contributed by atoms with Gasteiger partial charge < -0.3 is 4.74 Å². The lowest BCUT2D eigenvalue weighted by atomic mass is 10.00. The Morgan fingerprint density at radius 1 is 1.31 bits per heavy atom. The second kappa shape index (κ2) is 4.31. The first-order valence-corrected chi connectivity index (χ1v) is 4.88. The third-order valence-corrected chi connectivity index (χ3v) is 2.09. The summed E-state index contributed by atoms with van der Waals surface area (Å²) in [5.74, 6) is 1.56. The van der Waals surface area contributed by atoms with Crippen molar-refractivity contribution in [3.05, 3.63) is 29.3 Å². The van der Waals surface area contributed by atoms with Crippen molar-refractivity contribution in [2.24, 2.45) is 0 Å². The smallest absolute Gasteiger partial charge is 0.122 e. The lowest BCUT2D eigenvalue weighted by molar-refractivity contribution is 0.335. The largest absolute Gasteiger partial charge is 0.494 e. The summed E-state index contributed by atoms with van der Waals surface area (Å²) in [4.78, 5) is 0. The third-order valence-electron chi connectivity index (χ3n) is 2.09. The summed E-state index contributed by atoms with van der Waals surface area (Å²) in [7, 11) is 0. The van der Waals surface area contributed by atoms with Gasteiger partial charge in [0.15, 0.2) is 0 Å². The number of aryl methyl sites for hydroxylation is 1. The van der Waals surface area contributed by atoms with Crippen molar-refractivity contribution in [2.75, 3.05) is 6.61 Å². The summed E-state index contributed by atoms with van der Waals surface area (Å²) >= 11 is 0. The predicted octanol–water partition coefficient (Wildman–Crippen LogP) is 3.52. The lowest BCUT2D eigenvalue weighted by Gasteiger charge is -2.13. The van der Waals surface area contributed by atoms with Gasteiger partial charge in [0, 0.05) is 0 Å². The molecule has 0 saturated heterocycles. The van der Waals surface area contributed by atoms with E-state index in [1.165, 1.54) is 11.1 Å². The molecule has 0 aliphatic carbocycles. The van der Waals surface area contributed by atoms with Gasteiger partial charge in [0.2, 0.25) is 0 Å². The van der Waals surface area contributed by atoms with Crippen LogP contribution in [-0.4, -0.2) is 6.61 Å². The van der Waals surface area contributed by atoms with Crippen molar-refractivity contribution in [1.29, 1.82) is 0 Å². The molecule has 1 rings (SSSR count). The Bertz CT molecular complexity index is 276. The Labute approximate surface area is 80.7 Å². The maximum Gasteiger partial charge on any atom is 0.122 e. The van der Waals surface area contributed by atoms with Crippen LogP contribution in [0.25, 0.3) is 0 Å². The quantitative estimate of drug-likeness (QED) is 0.688. The van der Waals surface area contributed by atoms with Crippen LogP contribution in [0.3, 0.4) is 0 Å². The van der Waals surface area contributed by atoms with Gasteiger partial charge >= 0.3 is 0 Å². The van der Waals surface area contributed by atoms with Crippen molar-refractivity contribution in [3.63, 3.8) is 0 Å². The molecule has 0 saturated carbocycles. The van der Waals surface area contributed by atoms with E-state index in [9.17, 15) is 0 Å². The van der Waals surface area contributed by atoms with Gasteiger partial charge in [-0.05, 0) is 31.4 Å². The third kappa shape index (κ3) is 2.48. The zero-order chi connectivity index (χ0) is 9.84. The molecule has 1 aromatic rings. The van der Waals surface area contributed by atoms with Crippen LogP contribution < -0.4 is 4.74 Å². The first-order chi connectivity index (χ1) is 6.15. The lowest BCUT2D eigenvalue weighted by Crippen LogP contribution is -1.98. The maximum absolute atomic E-state index is 5.55. The highest BCUT2D eigenvalue weighted by atomic mass is 16.5. The summed E-state index contributed by atoms with van der Waals surface area (Å²) in [6.07, 6.45) is 0. The van der Waals surface area contributed by atoms with E-state index in [4.69, 9.17) is 4.74 Å². The fourth-order valence-electron chi connectivity index (χ4n) is 1.41. The number of ether oxygens (including phenoxy) is 1. The molecule has 0 heterocycles. The minimum atomic E-state index is 0.529. The molecule has 0 unspecified atom stereocenters. The van der Waals surface area contributed by atoms with E-state index in [1.54, 1.807) is 0 Å². The van der Waals surface area contributed by atoms with Crippen molar-refractivity contribution in [3.8, 4) is 5.75 Å². The molecule has 0 aliphatic rings. The van der Waals surface area contributed by atoms with Crippen LogP contribution in [-0.2, 0) is 0 Å². The first kappa shape index (κ1) is 10.1. The zero-order valence-electron chi connectivity index (χ0n) is 8.92. The SMILES string of the molecule is CCOc1ccc(C)cc1C(C)C. The molecule has 0 aromatic heterocycles. The van der Waals surface area contributed by atoms with E-state index in [2.05, 4.69) is 39.0 Å². The summed E-state index contributed by atoms with van der Waals surface area (Å²) in [6.45, 7) is 9.25. The second-order valence-electron chi connectivity index (χ2n) is 3.63. The second-order valence-corrected chi connectivity index (χ2v) is 3.63. The van der Waals surface area contributed by atoms with Gasteiger partial charge in [0.1, 0.15) is 5.75 Å². The maximum atomic E-state index is 5.55. The van der Waals surface area contributed by atoms with Crippen LogP contribution in [0.15, 0.2) is 18.2 Å². The fourth-order valence-corrected chi connectivity index (χ4v) is 1.41. The average molecular weight is 178 g/mol. The van der Waals surface area contributed by atoms with Gasteiger partial charge in [-0.15, -0.1) is 0 Å². The molecule has 72 valence electrons. The van der Waals surface area contributed by atoms with E-state index in [0.717, 1.165) is 12.4 Å². The zero-order valence-corrected chi connectivity index (χ0v) is 8.92. The minimum Gasteiger partial charge on any atom is -0.494 e. The van der Waals surface area contributed by atoms with Crippen LogP contribution in [0.5, 0.6) is 5.75 Å². The van der Waals surface area contributed by atoms with Crippen LogP contribution in [0, 0.1) is 6.92 Å². The van der Waals surface area contributed by atoms with Crippen molar-refractivity contribution in [1.82, 2.24) is 0 Å². The highest BCUT2D eigenvalue weighted by Gasteiger charge is 2.06. The molecule has 13 heavy (non-hydrogen) atoms. The van der Waals surface area contributed by atoms with E-state index < -0.39 is 0 Å². The molecular weight excluding hydrogens is 160 g/mol. The normalized spacial score (nSPS) is 10.5. The summed E-state index contributed by atoms with van der Waals surface area (Å²) < 4.78 is 5.55. The molecule has 0 atom stereocenters. The molecule has 0 spiro atoms. The summed E-state index contributed by atoms with van der Waals surface area (Å²) in [6, 6.07) is 6.36. The highest BCUT2D eigenvalue weighted by Crippen LogP contribution is 2.27. The van der Waals surface area contributed by atoms with Crippen LogP contribution in [0.1, 0.15) is 37.8 Å². The Hall–Kier alpha value is -0.980. The monoisotopic (exact) mass is 178 g/mol. The van der Waals surface area contributed by atoms with Gasteiger partial charge in [0.05, 0.1) is 6.61 Å². The molecule has 0 aliphatic heterocycles. The van der Waals surface area contributed by atoms with E-state index >= 15 is 0 Å². The van der Waals surface area contributed by atoms with Gasteiger partial charge in [-0.1, -0.05) is 31.5 Å². The standard InChI is InChI=1S/C12H18O/c1-5-13-12-7-6-10(4)8-11(12)9(2)3/h6-9H,5H2,1-4H3. The van der Waals surface area contributed by atoms with Crippen LogP contribution >= 0.6 is 0 Å². The predicted molar refractivity (Wildman–Crippen MR) is 56.4 cm³/mol. The van der Waals surface area contributed by atoms with Gasteiger partial charge in [-0.25, -0.2) is 0 Å². The molecule has 0 bridgehead atoms. The van der Waals surface area contributed by atoms with Crippen molar-refractivity contribution in [2.45, 2.75) is 33.6 Å². The molecule has 0 fully saturated rings. The number of rotatable bonds is 3. The van der Waals surface area contributed by atoms with Crippen molar-refractivity contribution >= 4 is 0 Å². The van der Waals surface area contributed by atoms with Crippen LogP contribution in [0.2, 0.25) is 0 Å². The Morgan fingerprint density at radius 3 is 2.54 bits per heavy atom. The average Bonchev–Trinajstić information content (AvgIpc) is 2.08.